The number of benzene rings is 3. The third kappa shape index (κ3) is 9.72. The van der Waals surface area contributed by atoms with Gasteiger partial charge < -0.3 is 40.7 Å². The Hall–Kier alpha value is -2.73. The number of hydrogen-bond donors (Lipinski definition) is 2. The molecule has 1 aliphatic rings. The molecule has 1 saturated heterocycles. The van der Waals surface area contributed by atoms with Gasteiger partial charge in [-0.05, 0) is 28.5 Å². The van der Waals surface area contributed by atoms with Gasteiger partial charge in [0, 0.05) is 6.92 Å². The predicted octanol–water partition coefficient (Wildman–Crippen LogP) is -0.158. The predicted molar refractivity (Wildman–Crippen MR) is 149 cm³/mol. The van der Waals surface area contributed by atoms with Gasteiger partial charge in [0.1, 0.15) is 18.3 Å². The highest BCUT2D eigenvalue weighted by molar-refractivity contribution is 8.13. The zero-order chi connectivity index (χ0) is 27.5. The van der Waals surface area contributed by atoms with E-state index in [1.165, 1.54) is 6.92 Å². The van der Waals surface area contributed by atoms with Crippen molar-refractivity contribution in [1.82, 2.24) is 0 Å². The second-order valence-electron chi connectivity index (χ2n) is 9.16. The molecule has 40 heavy (non-hydrogen) atoms. The lowest BCUT2D eigenvalue weighted by Crippen LogP contribution is -3.00. The molecule has 3 aromatic rings. The van der Waals surface area contributed by atoms with Crippen LogP contribution in [0.15, 0.2) is 91.0 Å². The first-order valence-electron chi connectivity index (χ1n) is 12.8. The van der Waals surface area contributed by atoms with Crippen LogP contribution in [0, 0.1) is 0 Å². The maximum absolute atomic E-state index is 12.2. The summed E-state index contributed by atoms with van der Waals surface area (Å²) in [7, 11) is 0. The number of rotatable bonds is 12. The standard InChI is InChI=1S/C30H34N2O6S.BrH/c1-21(33)37-28-27(36-19-24-15-9-4-10-16-24)26(35-18-23-13-7-3-8-14-23)25(38-29(28)39-30(31)32)20-34-17-22-11-5-2-6-12-22;/h2-16,25-29H,17-20H2,1H3,(H3,31,32);1H/t25-,26-,27+,28+,29-;/m1./s1. The van der Waals surface area contributed by atoms with E-state index in [1.54, 1.807) is 0 Å². The van der Waals surface area contributed by atoms with E-state index in [-0.39, 0.29) is 35.4 Å². The number of hydrogen-bond acceptors (Lipinski definition) is 7. The molecule has 0 amide bonds. The SMILES string of the molecule is CC(=O)O[C@H]1[C@@H](OCc2ccccc2)[C@H](OCc2ccccc2)[C@@H](COCc2ccccc2)O[C@@H]1SC(N)=[NH2+].[Br-]. The van der Waals surface area contributed by atoms with Gasteiger partial charge in [-0.3, -0.25) is 15.9 Å². The van der Waals surface area contributed by atoms with Crippen LogP contribution in [-0.4, -0.2) is 47.6 Å². The Bertz CT molecular complexity index is 1170. The zero-order valence-corrected chi connectivity index (χ0v) is 24.7. The van der Waals surface area contributed by atoms with E-state index in [2.05, 4.69) is 0 Å². The molecule has 0 spiro atoms. The van der Waals surface area contributed by atoms with Crippen LogP contribution in [-0.2, 0) is 48.3 Å². The molecule has 4 rings (SSSR count). The lowest BCUT2D eigenvalue weighted by atomic mass is 9.99. The second-order valence-corrected chi connectivity index (χ2v) is 10.3. The van der Waals surface area contributed by atoms with Crippen LogP contribution in [0.1, 0.15) is 23.6 Å². The van der Waals surface area contributed by atoms with Gasteiger partial charge in [0.25, 0.3) is 0 Å². The van der Waals surface area contributed by atoms with Crippen molar-refractivity contribution in [2.24, 2.45) is 5.73 Å². The van der Waals surface area contributed by atoms with Crippen molar-refractivity contribution in [1.29, 1.82) is 0 Å². The first-order valence-corrected chi connectivity index (χ1v) is 13.7. The van der Waals surface area contributed by atoms with Gasteiger partial charge in [0.2, 0.25) is 0 Å². The molecule has 10 heteroatoms. The van der Waals surface area contributed by atoms with Gasteiger partial charge in [0.15, 0.2) is 11.5 Å². The van der Waals surface area contributed by atoms with Crippen molar-refractivity contribution >= 4 is 22.9 Å². The minimum atomic E-state index is -0.829. The molecular weight excluding hydrogens is 596 g/mol. The Morgan fingerprint density at radius 3 is 1.75 bits per heavy atom. The number of carbonyl (C=O) groups excluding carboxylic acids is 1. The van der Waals surface area contributed by atoms with Crippen molar-refractivity contribution in [3.63, 3.8) is 0 Å². The maximum Gasteiger partial charge on any atom is 0.303 e. The van der Waals surface area contributed by atoms with E-state index >= 15 is 0 Å². The molecule has 3 aromatic carbocycles. The quantitative estimate of drug-likeness (QED) is 0.161. The normalized spacial score (nSPS) is 22.2. The van der Waals surface area contributed by atoms with Crippen molar-refractivity contribution in [3.05, 3.63) is 108 Å². The fourth-order valence-corrected chi connectivity index (χ4v) is 5.16. The molecule has 1 fully saturated rings. The Morgan fingerprint density at radius 2 is 1.27 bits per heavy atom. The van der Waals surface area contributed by atoms with Crippen LogP contribution in [0.4, 0.5) is 0 Å². The molecule has 0 radical (unpaired) electrons. The van der Waals surface area contributed by atoms with E-state index in [0.29, 0.717) is 13.2 Å². The number of halogens is 1. The molecule has 1 aliphatic heterocycles. The van der Waals surface area contributed by atoms with E-state index in [4.69, 9.17) is 34.8 Å². The molecule has 0 unspecified atom stereocenters. The number of thioether (sulfide) groups is 1. The molecule has 0 aromatic heterocycles. The first kappa shape index (κ1) is 31.8. The highest BCUT2D eigenvalue weighted by atomic mass is 79.9. The maximum atomic E-state index is 12.2. The third-order valence-corrected chi connectivity index (χ3v) is 6.99. The van der Waals surface area contributed by atoms with Gasteiger partial charge in [-0.1, -0.05) is 91.0 Å². The Kier molecular flexibility index (Phi) is 13.1. The minimum absolute atomic E-state index is 0. The highest BCUT2D eigenvalue weighted by Gasteiger charge is 2.50. The molecule has 0 saturated carbocycles. The molecule has 5 atom stereocenters. The van der Waals surface area contributed by atoms with E-state index < -0.39 is 35.8 Å². The lowest BCUT2D eigenvalue weighted by molar-refractivity contribution is -0.249. The molecule has 4 N–H and O–H groups in total. The molecule has 0 aliphatic carbocycles. The number of esters is 1. The van der Waals surface area contributed by atoms with E-state index in [0.717, 1.165) is 28.5 Å². The van der Waals surface area contributed by atoms with Crippen LogP contribution in [0.25, 0.3) is 0 Å². The summed E-state index contributed by atoms with van der Waals surface area (Å²) in [6, 6.07) is 29.5. The summed E-state index contributed by atoms with van der Waals surface area (Å²) >= 11 is 1.08. The monoisotopic (exact) mass is 630 g/mol. The van der Waals surface area contributed by atoms with Gasteiger partial charge >= 0.3 is 11.1 Å². The lowest BCUT2D eigenvalue weighted by Gasteiger charge is -2.45. The summed E-state index contributed by atoms with van der Waals surface area (Å²) in [6.07, 6.45) is -2.69. The number of carbonyl (C=O) groups is 1. The fourth-order valence-electron chi connectivity index (χ4n) is 4.35. The Balaban J connectivity index is 0.00000441. The van der Waals surface area contributed by atoms with Crippen LogP contribution in [0.2, 0.25) is 0 Å². The van der Waals surface area contributed by atoms with Crippen LogP contribution < -0.4 is 28.1 Å². The average Bonchev–Trinajstić information content (AvgIpc) is 2.94. The van der Waals surface area contributed by atoms with E-state index in [1.807, 2.05) is 91.0 Å². The summed E-state index contributed by atoms with van der Waals surface area (Å²) in [4.78, 5) is 12.2. The largest absolute Gasteiger partial charge is 1.00 e. The fraction of sp³-hybridized carbons (Fsp3) is 0.333. The Labute approximate surface area is 249 Å². The molecule has 8 nitrogen and oxygen atoms in total. The van der Waals surface area contributed by atoms with Crippen molar-refractivity contribution in [2.45, 2.75) is 56.6 Å². The molecule has 1 heterocycles. The van der Waals surface area contributed by atoms with Crippen molar-refractivity contribution in [2.75, 3.05) is 6.61 Å². The number of ether oxygens (including phenoxy) is 5. The van der Waals surface area contributed by atoms with Gasteiger partial charge in [-0.2, -0.15) is 0 Å². The first-order chi connectivity index (χ1) is 19.0. The summed E-state index contributed by atoms with van der Waals surface area (Å²) in [5.41, 5.74) is 8.13. The Morgan fingerprint density at radius 1 is 0.800 bits per heavy atom. The number of amidine groups is 1. The summed E-state index contributed by atoms with van der Waals surface area (Å²) < 4.78 is 31.1. The molecular formula is C30H35BrN2O6S. The highest BCUT2D eigenvalue weighted by Crippen LogP contribution is 2.34. The van der Waals surface area contributed by atoms with Gasteiger partial charge in [-0.25, -0.2) is 0 Å². The van der Waals surface area contributed by atoms with Crippen LogP contribution in [0.3, 0.4) is 0 Å². The third-order valence-electron chi connectivity index (χ3n) is 6.11. The average molecular weight is 632 g/mol. The van der Waals surface area contributed by atoms with Crippen molar-refractivity contribution in [3.8, 4) is 0 Å². The summed E-state index contributed by atoms with van der Waals surface area (Å²) in [5, 5.41) is 5.94. The second kappa shape index (κ2) is 16.5. The molecule has 0 bridgehead atoms. The molecule has 214 valence electrons. The summed E-state index contributed by atoms with van der Waals surface area (Å²) in [5.74, 6) is -0.473. The minimum Gasteiger partial charge on any atom is -1.00 e. The van der Waals surface area contributed by atoms with Crippen molar-refractivity contribution < 1.29 is 50.9 Å². The van der Waals surface area contributed by atoms with Gasteiger partial charge in [0.05, 0.1) is 26.4 Å². The topological polar surface area (TPSA) is 115 Å². The zero-order valence-electron chi connectivity index (χ0n) is 22.3. The smallest absolute Gasteiger partial charge is 0.303 e. The van der Waals surface area contributed by atoms with Crippen LogP contribution >= 0.6 is 11.8 Å². The van der Waals surface area contributed by atoms with Crippen LogP contribution in [0.5, 0.6) is 0 Å². The van der Waals surface area contributed by atoms with E-state index in [9.17, 15) is 4.79 Å². The summed E-state index contributed by atoms with van der Waals surface area (Å²) in [6.45, 7) is 2.56. The van der Waals surface area contributed by atoms with Gasteiger partial charge in [-0.15, -0.1) is 0 Å². The number of nitrogens with two attached hydrogens (primary N) is 2.